The normalized spacial score (nSPS) is 10.1. The minimum atomic E-state index is -0.698. The number of anilines is 1. The quantitative estimate of drug-likeness (QED) is 0.442. The molecule has 2 aromatic rings. The fourth-order valence-corrected chi connectivity index (χ4v) is 1.99. The number of nitro benzene ring substituents is 1. The van der Waals surface area contributed by atoms with Gasteiger partial charge in [-0.3, -0.25) is 14.9 Å². The minimum absolute atomic E-state index is 0.106. The van der Waals surface area contributed by atoms with Crippen LogP contribution in [0.5, 0.6) is 5.75 Å². The molecule has 0 fully saturated rings. The summed E-state index contributed by atoms with van der Waals surface area (Å²) in [5, 5.41) is 14.0. The van der Waals surface area contributed by atoms with E-state index in [1.807, 2.05) is 30.3 Å². The lowest BCUT2D eigenvalue weighted by atomic mass is 10.1. The van der Waals surface area contributed by atoms with Crippen LogP contribution in [0.15, 0.2) is 48.5 Å². The lowest BCUT2D eigenvalue weighted by Crippen LogP contribution is -2.12. The van der Waals surface area contributed by atoms with Crippen molar-refractivity contribution in [2.45, 2.75) is 6.42 Å². The Hall–Kier alpha value is -3.09. The van der Waals surface area contributed by atoms with Gasteiger partial charge in [-0.1, -0.05) is 18.2 Å². The van der Waals surface area contributed by atoms with Crippen LogP contribution >= 0.6 is 0 Å². The summed E-state index contributed by atoms with van der Waals surface area (Å²) < 4.78 is 5.54. The van der Waals surface area contributed by atoms with E-state index in [9.17, 15) is 14.9 Å². The molecule has 1 amide bonds. The highest BCUT2D eigenvalue weighted by Gasteiger charge is 2.16. The van der Waals surface area contributed by atoms with Crippen LogP contribution < -0.4 is 15.8 Å². The van der Waals surface area contributed by atoms with Crippen molar-refractivity contribution in [2.24, 2.45) is 5.73 Å². The number of nitrogens with two attached hydrogens (primary N) is 1. The smallest absolute Gasteiger partial charge is 0.293 e. The Labute approximate surface area is 133 Å². The fraction of sp³-hybridized carbons (Fsp3) is 0.188. The van der Waals surface area contributed by atoms with Crippen molar-refractivity contribution in [3.8, 4) is 5.75 Å². The average Bonchev–Trinajstić information content (AvgIpc) is 2.55. The third-order valence-electron chi connectivity index (χ3n) is 3.13. The van der Waals surface area contributed by atoms with Gasteiger partial charge in [0.05, 0.1) is 11.5 Å². The van der Waals surface area contributed by atoms with Crippen LogP contribution in [-0.2, 0) is 0 Å². The highest BCUT2D eigenvalue weighted by atomic mass is 16.6. The number of benzene rings is 2. The van der Waals surface area contributed by atoms with Crippen LogP contribution in [0.4, 0.5) is 11.4 Å². The molecule has 0 saturated carbocycles. The molecule has 0 bridgehead atoms. The first-order valence-electron chi connectivity index (χ1n) is 7.08. The van der Waals surface area contributed by atoms with Gasteiger partial charge in [-0.15, -0.1) is 0 Å². The van der Waals surface area contributed by atoms with Crippen LogP contribution in [0, 0.1) is 10.1 Å². The topological polar surface area (TPSA) is 107 Å². The first kappa shape index (κ1) is 16.3. The lowest BCUT2D eigenvalue weighted by molar-refractivity contribution is -0.384. The number of primary amides is 1. The lowest BCUT2D eigenvalue weighted by Gasteiger charge is -2.09. The summed E-state index contributed by atoms with van der Waals surface area (Å²) in [6.45, 7) is 0.994. The molecular formula is C16H17N3O4. The van der Waals surface area contributed by atoms with Crippen molar-refractivity contribution in [2.75, 3.05) is 18.5 Å². The van der Waals surface area contributed by atoms with Crippen molar-refractivity contribution in [1.29, 1.82) is 0 Å². The molecule has 0 spiro atoms. The van der Waals surface area contributed by atoms with Gasteiger partial charge >= 0.3 is 0 Å². The van der Waals surface area contributed by atoms with E-state index in [0.717, 1.165) is 5.75 Å². The van der Waals surface area contributed by atoms with E-state index >= 15 is 0 Å². The van der Waals surface area contributed by atoms with Gasteiger partial charge in [-0.05, 0) is 30.7 Å². The molecule has 3 N–H and O–H groups in total. The third-order valence-corrected chi connectivity index (χ3v) is 3.13. The Morgan fingerprint density at radius 1 is 1.22 bits per heavy atom. The summed E-state index contributed by atoms with van der Waals surface area (Å²) >= 11 is 0. The molecule has 0 heterocycles. The van der Waals surface area contributed by atoms with Crippen LogP contribution in [0.1, 0.15) is 16.8 Å². The maximum Gasteiger partial charge on any atom is 0.293 e. The number of para-hydroxylation sites is 1. The summed E-state index contributed by atoms with van der Waals surface area (Å²) in [4.78, 5) is 21.6. The van der Waals surface area contributed by atoms with E-state index in [2.05, 4.69) is 5.32 Å². The maximum absolute atomic E-state index is 11.1. The van der Waals surface area contributed by atoms with Crippen LogP contribution in [0.25, 0.3) is 0 Å². The van der Waals surface area contributed by atoms with Crippen molar-refractivity contribution in [1.82, 2.24) is 0 Å². The molecule has 0 aromatic heterocycles. The Morgan fingerprint density at radius 2 is 1.96 bits per heavy atom. The van der Waals surface area contributed by atoms with E-state index in [-0.39, 0.29) is 11.3 Å². The molecule has 2 aromatic carbocycles. The molecule has 0 aliphatic rings. The van der Waals surface area contributed by atoms with Crippen LogP contribution in [-0.4, -0.2) is 24.0 Å². The number of hydrogen-bond donors (Lipinski definition) is 2. The Bertz CT molecular complexity index is 689. The number of amides is 1. The van der Waals surface area contributed by atoms with Gasteiger partial charge in [0, 0.05) is 18.2 Å². The van der Waals surface area contributed by atoms with Crippen molar-refractivity contribution < 1.29 is 14.5 Å². The second kappa shape index (κ2) is 7.79. The molecule has 0 radical (unpaired) electrons. The number of carbonyl (C=O) groups excluding carboxylic acids is 1. The molecule has 23 heavy (non-hydrogen) atoms. The molecule has 2 rings (SSSR count). The molecule has 0 unspecified atom stereocenters. The molecule has 7 heteroatoms. The van der Waals surface area contributed by atoms with E-state index in [0.29, 0.717) is 25.3 Å². The van der Waals surface area contributed by atoms with Gasteiger partial charge in [-0.25, -0.2) is 0 Å². The molecule has 7 nitrogen and oxygen atoms in total. The second-order valence-electron chi connectivity index (χ2n) is 4.80. The van der Waals surface area contributed by atoms with Gasteiger partial charge < -0.3 is 15.8 Å². The zero-order valence-electron chi connectivity index (χ0n) is 12.4. The summed E-state index contributed by atoms with van der Waals surface area (Å²) in [5.74, 6) is 0.0835. The van der Waals surface area contributed by atoms with Crippen molar-refractivity contribution in [3.05, 3.63) is 64.2 Å². The Morgan fingerprint density at radius 3 is 2.61 bits per heavy atom. The highest BCUT2D eigenvalue weighted by Crippen LogP contribution is 2.25. The summed E-state index contributed by atoms with van der Waals surface area (Å²) in [5.41, 5.74) is 5.41. The minimum Gasteiger partial charge on any atom is -0.494 e. The zero-order valence-corrected chi connectivity index (χ0v) is 12.4. The predicted molar refractivity (Wildman–Crippen MR) is 86.7 cm³/mol. The summed E-state index contributed by atoms with van der Waals surface area (Å²) in [7, 11) is 0. The molecular weight excluding hydrogens is 298 g/mol. The molecule has 0 aliphatic carbocycles. The Balaban J connectivity index is 1.87. The standard InChI is InChI=1S/C16H17N3O4/c17-16(20)12-7-8-14(15(11-12)19(21)22)18-9-4-10-23-13-5-2-1-3-6-13/h1-3,5-8,11,18H,4,9-10H2,(H2,17,20). The van der Waals surface area contributed by atoms with Gasteiger partial charge in [0.1, 0.15) is 11.4 Å². The predicted octanol–water partition coefficient (Wildman–Crippen LogP) is 2.57. The number of nitrogens with zero attached hydrogens (tertiary/aromatic N) is 1. The van der Waals surface area contributed by atoms with Crippen LogP contribution in [0.3, 0.4) is 0 Å². The van der Waals surface area contributed by atoms with E-state index in [1.165, 1.54) is 18.2 Å². The third kappa shape index (κ3) is 4.70. The monoisotopic (exact) mass is 315 g/mol. The number of ether oxygens (including phenoxy) is 1. The number of nitrogens with one attached hydrogen (secondary N) is 1. The first-order valence-corrected chi connectivity index (χ1v) is 7.08. The maximum atomic E-state index is 11.1. The average molecular weight is 315 g/mol. The zero-order chi connectivity index (χ0) is 16.7. The molecule has 0 atom stereocenters. The SMILES string of the molecule is NC(=O)c1ccc(NCCCOc2ccccc2)c([N+](=O)[O-])c1. The number of hydrogen-bond acceptors (Lipinski definition) is 5. The van der Waals surface area contributed by atoms with E-state index in [4.69, 9.17) is 10.5 Å². The summed E-state index contributed by atoms with van der Waals surface area (Å²) in [6.07, 6.45) is 0.670. The Kier molecular flexibility index (Phi) is 5.51. The van der Waals surface area contributed by atoms with Crippen molar-refractivity contribution >= 4 is 17.3 Å². The van der Waals surface area contributed by atoms with Crippen LogP contribution in [0.2, 0.25) is 0 Å². The first-order chi connectivity index (χ1) is 11.1. The van der Waals surface area contributed by atoms with E-state index < -0.39 is 10.8 Å². The van der Waals surface area contributed by atoms with Gasteiger partial charge in [0.25, 0.3) is 5.69 Å². The van der Waals surface area contributed by atoms with Gasteiger partial charge in [-0.2, -0.15) is 0 Å². The molecule has 120 valence electrons. The number of nitro groups is 1. The molecule has 0 aliphatic heterocycles. The number of rotatable bonds is 8. The fourth-order valence-electron chi connectivity index (χ4n) is 1.99. The number of carbonyl (C=O) groups is 1. The molecule has 0 saturated heterocycles. The van der Waals surface area contributed by atoms with Gasteiger partial charge in [0.15, 0.2) is 0 Å². The highest BCUT2D eigenvalue weighted by molar-refractivity contribution is 5.94. The van der Waals surface area contributed by atoms with Gasteiger partial charge in [0.2, 0.25) is 5.91 Å². The second-order valence-corrected chi connectivity index (χ2v) is 4.80. The van der Waals surface area contributed by atoms with E-state index in [1.54, 1.807) is 0 Å². The van der Waals surface area contributed by atoms with Crippen molar-refractivity contribution in [3.63, 3.8) is 0 Å². The summed E-state index contributed by atoms with van der Waals surface area (Å²) in [6, 6.07) is 13.5. The largest absolute Gasteiger partial charge is 0.494 e.